The first kappa shape index (κ1) is 25.1. The highest BCUT2D eigenvalue weighted by Crippen LogP contribution is 2.61. The van der Waals surface area contributed by atoms with Crippen LogP contribution in [0.4, 0.5) is 5.69 Å². The fraction of sp³-hybridized carbons (Fsp3) is 0.250. The maximum absolute atomic E-state index is 14.3. The Morgan fingerprint density at radius 1 is 0.854 bits per heavy atom. The molecule has 4 atom stereocenters. The largest absolute Gasteiger partial charge is 0.508 e. The van der Waals surface area contributed by atoms with Crippen LogP contribution in [0, 0.1) is 18.3 Å². The van der Waals surface area contributed by atoms with Crippen LogP contribution in [0.3, 0.4) is 0 Å². The van der Waals surface area contributed by atoms with Gasteiger partial charge in [-0.1, -0.05) is 54.6 Å². The van der Waals surface area contributed by atoms with Crippen LogP contribution in [0.1, 0.15) is 36.4 Å². The lowest BCUT2D eigenvalue weighted by atomic mass is 9.56. The molecule has 1 saturated carbocycles. The lowest BCUT2D eigenvalue weighted by Gasteiger charge is -2.47. The molecule has 2 amide bonds. The summed E-state index contributed by atoms with van der Waals surface area (Å²) in [6.45, 7) is 3.77. The summed E-state index contributed by atoms with van der Waals surface area (Å²) in [5, 5.41) is 10.3. The first-order valence-corrected chi connectivity index (χ1v) is 13.7. The number of carbonyl (C=O) groups is 2. The van der Waals surface area contributed by atoms with Gasteiger partial charge in [0.15, 0.2) is 0 Å². The molecule has 0 bridgehead atoms. The van der Waals surface area contributed by atoms with Crippen LogP contribution in [-0.4, -0.2) is 30.9 Å². The Kier molecular flexibility index (Phi) is 5.38. The number of nitrogens with zero attached hydrogens (tertiary/aromatic N) is 4. The second kappa shape index (κ2) is 8.79. The number of allylic oxidation sites excluding steroid dienone is 2. The van der Waals surface area contributed by atoms with Crippen LogP contribution < -0.4 is 16.3 Å². The maximum Gasteiger partial charge on any atom is 0.352 e. The van der Waals surface area contributed by atoms with Gasteiger partial charge in [0.05, 0.1) is 35.3 Å². The van der Waals surface area contributed by atoms with Gasteiger partial charge >= 0.3 is 11.4 Å². The van der Waals surface area contributed by atoms with Gasteiger partial charge in [-0.05, 0) is 67.3 Å². The van der Waals surface area contributed by atoms with E-state index >= 15 is 0 Å². The maximum atomic E-state index is 14.3. The highest BCUT2D eigenvalue weighted by molar-refractivity contribution is 6.24. The van der Waals surface area contributed by atoms with Gasteiger partial charge in [0.2, 0.25) is 11.8 Å². The number of phenols is 1. The minimum atomic E-state index is -1.15. The third kappa shape index (κ3) is 3.35. The van der Waals surface area contributed by atoms with Crippen molar-refractivity contribution in [3.63, 3.8) is 0 Å². The fourth-order valence-electron chi connectivity index (χ4n) is 7.14. The van der Waals surface area contributed by atoms with Crippen molar-refractivity contribution in [1.82, 2.24) is 13.9 Å². The molecule has 7 rings (SSSR count). The minimum Gasteiger partial charge on any atom is -0.508 e. The second-order valence-electron chi connectivity index (χ2n) is 11.2. The number of hydrogen-bond acceptors (Lipinski definition) is 5. The summed E-state index contributed by atoms with van der Waals surface area (Å²) in [5.74, 6) is -1.80. The van der Waals surface area contributed by atoms with Crippen molar-refractivity contribution in [2.45, 2.75) is 38.8 Å². The number of aromatic hydroxyl groups is 1. The molecule has 1 saturated heterocycles. The average molecular weight is 549 g/mol. The van der Waals surface area contributed by atoms with Gasteiger partial charge in [-0.15, -0.1) is 0 Å². The predicted molar refractivity (Wildman–Crippen MR) is 152 cm³/mol. The molecule has 3 heterocycles. The van der Waals surface area contributed by atoms with E-state index in [1.54, 1.807) is 67.6 Å². The molecule has 1 aromatic heterocycles. The summed E-state index contributed by atoms with van der Waals surface area (Å²) in [5.41, 5.74) is 1.10. The predicted octanol–water partition coefficient (Wildman–Crippen LogP) is 3.68. The Morgan fingerprint density at radius 2 is 1.51 bits per heavy atom. The smallest absolute Gasteiger partial charge is 0.352 e. The van der Waals surface area contributed by atoms with Crippen molar-refractivity contribution in [3.05, 3.63) is 123 Å². The van der Waals surface area contributed by atoms with Crippen molar-refractivity contribution in [2.24, 2.45) is 11.3 Å². The van der Waals surface area contributed by atoms with E-state index in [0.29, 0.717) is 16.9 Å². The van der Waals surface area contributed by atoms with Crippen LogP contribution in [-0.2, 0) is 16.1 Å². The summed E-state index contributed by atoms with van der Waals surface area (Å²) in [4.78, 5) is 57.1. The zero-order valence-electron chi connectivity index (χ0n) is 22.6. The van der Waals surface area contributed by atoms with Gasteiger partial charge in [-0.25, -0.2) is 28.4 Å². The van der Waals surface area contributed by atoms with E-state index in [1.165, 1.54) is 14.3 Å². The number of anilines is 1. The van der Waals surface area contributed by atoms with Gasteiger partial charge in [0.1, 0.15) is 5.75 Å². The molecule has 9 nitrogen and oxygen atoms in total. The SMILES string of the molecule is Cc1cc([C@H]2C3=CCn4c(=O)n(-c5ccccc5)c(=O)n4[C@@H]3C[C@H]3C(=O)N(c4ccccc4)C(=O)[C@@]23C)ccc1O. The molecule has 0 spiro atoms. The molecule has 3 aromatic carbocycles. The summed E-state index contributed by atoms with van der Waals surface area (Å²) in [6.07, 6.45) is 2.13. The van der Waals surface area contributed by atoms with Crippen LogP contribution in [0.2, 0.25) is 0 Å². The van der Waals surface area contributed by atoms with E-state index < -0.39 is 34.7 Å². The number of benzene rings is 3. The number of aromatic nitrogens is 3. The zero-order valence-corrected chi connectivity index (χ0v) is 22.6. The molecule has 2 aliphatic heterocycles. The van der Waals surface area contributed by atoms with Gasteiger partial charge < -0.3 is 5.11 Å². The molecule has 4 aromatic rings. The van der Waals surface area contributed by atoms with Crippen molar-refractivity contribution >= 4 is 17.5 Å². The number of carbonyl (C=O) groups excluding carboxylic acids is 2. The van der Waals surface area contributed by atoms with Crippen molar-refractivity contribution in [1.29, 1.82) is 0 Å². The third-order valence-corrected chi connectivity index (χ3v) is 9.12. The lowest BCUT2D eigenvalue weighted by Crippen LogP contribution is -2.49. The van der Waals surface area contributed by atoms with Crippen molar-refractivity contribution in [3.8, 4) is 11.4 Å². The molecule has 0 radical (unpaired) electrons. The number of aryl methyl sites for hydroxylation is 1. The van der Waals surface area contributed by atoms with E-state index in [0.717, 1.165) is 15.7 Å². The van der Waals surface area contributed by atoms with Gasteiger partial charge in [0.25, 0.3) is 0 Å². The van der Waals surface area contributed by atoms with Gasteiger partial charge in [-0.2, -0.15) is 0 Å². The molecule has 2 fully saturated rings. The summed E-state index contributed by atoms with van der Waals surface area (Å²) in [7, 11) is 0. The topological polar surface area (TPSA) is 107 Å². The summed E-state index contributed by atoms with van der Waals surface area (Å²) < 4.78 is 4.04. The van der Waals surface area contributed by atoms with E-state index in [1.807, 2.05) is 31.2 Å². The monoisotopic (exact) mass is 548 g/mol. The fourth-order valence-corrected chi connectivity index (χ4v) is 7.14. The number of imide groups is 1. The van der Waals surface area contributed by atoms with Gasteiger partial charge in [-0.3, -0.25) is 9.59 Å². The minimum absolute atomic E-state index is 0.130. The van der Waals surface area contributed by atoms with E-state index in [2.05, 4.69) is 0 Å². The Morgan fingerprint density at radius 3 is 2.17 bits per heavy atom. The molecule has 1 N–H and O–H groups in total. The Hall–Kier alpha value is -4.92. The molecule has 41 heavy (non-hydrogen) atoms. The third-order valence-electron chi connectivity index (χ3n) is 9.12. The zero-order chi connectivity index (χ0) is 28.6. The standard InChI is InChI=1S/C32H28N4O5/c1-19-17-20(13-14-26(19)37)27-23-15-16-33-30(40)35(22-11-7-4-8-12-22)31(41)36(33)25(23)18-24-28(38)34(29(39)32(24,27)2)21-9-5-3-6-10-21/h3-15,17,24-25,27,37H,16,18H2,1-2H3/t24-,25+,27-,32+/m0/s1. The Labute approximate surface area is 235 Å². The van der Waals surface area contributed by atoms with E-state index in [9.17, 15) is 24.3 Å². The Balaban J connectivity index is 1.45. The van der Waals surface area contributed by atoms with Crippen LogP contribution in [0.25, 0.3) is 5.69 Å². The molecular formula is C32H28N4O5. The summed E-state index contributed by atoms with van der Waals surface area (Å²) in [6, 6.07) is 22.3. The lowest BCUT2D eigenvalue weighted by molar-refractivity contribution is -0.129. The van der Waals surface area contributed by atoms with E-state index in [-0.39, 0.29) is 30.5 Å². The highest BCUT2D eigenvalue weighted by atomic mass is 16.3. The molecule has 1 aliphatic carbocycles. The molecule has 0 unspecified atom stereocenters. The van der Waals surface area contributed by atoms with Crippen LogP contribution in [0.15, 0.2) is 100 Å². The number of fused-ring (bicyclic) bond motifs is 4. The van der Waals surface area contributed by atoms with Crippen molar-refractivity contribution in [2.75, 3.05) is 4.90 Å². The molecule has 206 valence electrons. The second-order valence-corrected chi connectivity index (χ2v) is 11.2. The number of para-hydroxylation sites is 2. The summed E-state index contributed by atoms with van der Waals surface area (Å²) >= 11 is 0. The molecule has 3 aliphatic rings. The normalized spacial score (nSPS) is 25.0. The highest BCUT2D eigenvalue weighted by Gasteiger charge is 2.65. The molecular weight excluding hydrogens is 520 g/mol. The quantitative estimate of drug-likeness (QED) is 0.311. The average Bonchev–Trinajstić information content (AvgIpc) is 3.35. The first-order chi connectivity index (χ1) is 19.7. The number of amides is 2. The van der Waals surface area contributed by atoms with E-state index in [4.69, 9.17) is 0 Å². The molecule has 9 heteroatoms. The number of hydrogen-bond donors (Lipinski definition) is 1. The Bertz CT molecular complexity index is 1880. The first-order valence-electron chi connectivity index (χ1n) is 13.7. The number of phenolic OH excluding ortho intramolecular Hbond substituents is 1. The van der Waals surface area contributed by atoms with Crippen LogP contribution in [0.5, 0.6) is 5.75 Å². The number of rotatable bonds is 3. The van der Waals surface area contributed by atoms with Crippen molar-refractivity contribution < 1.29 is 14.7 Å². The van der Waals surface area contributed by atoms with Crippen LogP contribution >= 0.6 is 0 Å². The van der Waals surface area contributed by atoms with Gasteiger partial charge in [0, 0.05) is 5.92 Å².